The molecule has 3 aromatic rings. The number of anilines is 2. The summed E-state index contributed by atoms with van der Waals surface area (Å²) < 4.78 is 43.3. The molecule has 12 heteroatoms. The van der Waals surface area contributed by atoms with Crippen LogP contribution in [-0.4, -0.2) is 48.0 Å². The molecular formula is C18H16FIN4O4S2. The Labute approximate surface area is 189 Å². The largest absolute Gasteiger partial charge is 0.465 e. The van der Waals surface area contributed by atoms with Crippen molar-refractivity contribution in [3.8, 4) is 0 Å². The average Bonchev–Trinajstić information content (AvgIpc) is 3.28. The fraction of sp³-hybridized carbons (Fsp3) is 0.222. The van der Waals surface area contributed by atoms with Crippen LogP contribution >= 0.6 is 33.9 Å². The number of fused-ring (bicyclic) bond motifs is 1. The SMILES string of the molecule is O=C(O)N[C@H]1CCN(S(=O)(=O)c2c(Nc3ccc(I)cc3F)sc3ncccc23)C1. The molecule has 8 nitrogen and oxygen atoms in total. The van der Waals surface area contributed by atoms with Gasteiger partial charge in [0.05, 0.1) is 5.69 Å². The van der Waals surface area contributed by atoms with Crippen molar-refractivity contribution in [2.45, 2.75) is 17.4 Å². The Balaban J connectivity index is 1.76. The Bertz CT molecular complexity index is 1230. The van der Waals surface area contributed by atoms with Crippen molar-refractivity contribution in [1.82, 2.24) is 14.6 Å². The van der Waals surface area contributed by atoms with Gasteiger partial charge in [-0.1, -0.05) is 11.3 Å². The van der Waals surface area contributed by atoms with Crippen LogP contribution in [0.4, 0.5) is 19.9 Å². The zero-order valence-corrected chi connectivity index (χ0v) is 19.1. The Morgan fingerprint density at radius 2 is 2.17 bits per heavy atom. The number of hydrogen-bond donors (Lipinski definition) is 3. The molecule has 158 valence electrons. The molecule has 3 N–H and O–H groups in total. The van der Waals surface area contributed by atoms with Gasteiger partial charge < -0.3 is 15.7 Å². The normalized spacial score (nSPS) is 17.3. The number of benzene rings is 1. The standard InChI is InChI=1S/C18H16FIN4O4S2/c19-13-8-10(20)3-4-14(13)23-17-15(12-2-1-6-21-16(12)29-17)30(27,28)24-7-5-11(9-24)22-18(25)26/h1-4,6,8,11,22-23H,5,7,9H2,(H,25,26)/t11-/m0/s1. The van der Waals surface area contributed by atoms with Gasteiger partial charge in [-0.15, -0.1) is 0 Å². The van der Waals surface area contributed by atoms with Crippen LogP contribution in [0.15, 0.2) is 41.4 Å². The van der Waals surface area contributed by atoms with E-state index in [1.165, 1.54) is 10.4 Å². The summed E-state index contributed by atoms with van der Waals surface area (Å²) in [5.41, 5.74) is 0.158. The molecule has 0 saturated carbocycles. The molecule has 1 fully saturated rings. The van der Waals surface area contributed by atoms with Crippen molar-refractivity contribution < 1.29 is 22.7 Å². The highest BCUT2D eigenvalue weighted by Crippen LogP contribution is 2.41. The van der Waals surface area contributed by atoms with E-state index in [0.717, 1.165) is 14.9 Å². The van der Waals surface area contributed by atoms with E-state index < -0.39 is 28.0 Å². The maximum Gasteiger partial charge on any atom is 0.404 e. The second-order valence-corrected chi connectivity index (χ2v) is 10.8. The van der Waals surface area contributed by atoms with Gasteiger partial charge in [0.15, 0.2) is 0 Å². The van der Waals surface area contributed by atoms with Crippen molar-refractivity contribution in [3.05, 3.63) is 45.9 Å². The highest BCUT2D eigenvalue weighted by molar-refractivity contribution is 14.1. The summed E-state index contributed by atoms with van der Waals surface area (Å²) in [5.74, 6) is -0.498. The van der Waals surface area contributed by atoms with Crippen LogP contribution in [-0.2, 0) is 10.0 Å². The van der Waals surface area contributed by atoms with Gasteiger partial charge in [0.25, 0.3) is 0 Å². The summed E-state index contributed by atoms with van der Waals surface area (Å²) in [6.07, 6.45) is 0.744. The number of thiophene rings is 1. The molecule has 0 unspecified atom stereocenters. The van der Waals surface area contributed by atoms with Gasteiger partial charge in [0, 0.05) is 34.3 Å². The van der Waals surface area contributed by atoms with Crippen LogP contribution in [0.2, 0.25) is 0 Å². The average molecular weight is 562 g/mol. The van der Waals surface area contributed by atoms with E-state index >= 15 is 0 Å². The number of nitrogens with zero attached hydrogens (tertiary/aromatic N) is 2. The molecule has 0 radical (unpaired) electrons. The van der Waals surface area contributed by atoms with Crippen LogP contribution in [0.25, 0.3) is 10.2 Å². The Morgan fingerprint density at radius 1 is 1.37 bits per heavy atom. The molecular weight excluding hydrogens is 546 g/mol. The summed E-state index contributed by atoms with van der Waals surface area (Å²) in [6, 6.07) is 7.44. The first kappa shape index (κ1) is 21.2. The van der Waals surface area contributed by atoms with Gasteiger partial charge >= 0.3 is 6.09 Å². The van der Waals surface area contributed by atoms with E-state index in [0.29, 0.717) is 16.6 Å². The third-order valence-electron chi connectivity index (χ3n) is 4.68. The fourth-order valence-electron chi connectivity index (χ4n) is 3.33. The molecule has 1 aliphatic heterocycles. The van der Waals surface area contributed by atoms with Crippen molar-refractivity contribution in [2.24, 2.45) is 0 Å². The van der Waals surface area contributed by atoms with Crippen molar-refractivity contribution >= 4 is 70.9 Å². The number of sulfonamides is 1. The number of pyridine rings is 1. The number of carbonyl (C=O) groups is 1. The number of hydrogen-bond acceptors (Lipinski definition) is 6. The summed E-state index contributed by atoms with van der Waals surface area (Å²) in [5, 5.41) is 14.9. The lowest BCUT2D eigenvalue weighted by atomic mass is 10.3. The third kappa shape index (κ3) is 4.08. The first-order chi connectivity index (χ1) is 14.3. The lowest BCUT2D eigenvalue weighted by Crippen LogP contribution is -2.37. The fourth-order valence-corrected chi connectivity index (χ4v) is 6.95. The van der Waals surface area contributed by atoms with Crippen LogP contribution in [0.3, 0.4) is 0 Å². The molecule has 2 aromatic heterocycles. The minimum absolute atomic E-state index is 0.0181. The van der Waals surface area contributed by atoms with E-state index in [-0.39, 0.29) is 28.7 Å². The lowest BCUT2D eigenvalue weighted by Gasteiger charge is -2.18. The van der Waals surface area contributed by atoms with Gasteiger partial charge in [-0.3, -0.25) is 0 Å². The van der Waals surface area contributed by atoms with Gasteiger partial charge in [0.1, 0.15) is 20.5 Å². The third-order valence-corrected chi connectivity index (χ3v) is 8.46. The van der Waals surface area contributed by atoms with Gasteiger partial charge in [-0.25, -0.2) is 22.6 Å². The smallest absolute Gasteiger partial charge is 0.404 e. The number of rotatable bonds is 5. The predicted molar refractivity (Wildman–Crippen MR) is 120 cm³/mol. The maximum absolute atomic E-state index is 14.4. The molecule has 1 saturated heterocycles. The molecule has 3 heterocycles. The topological polar surface area (TPSA) is 112 Å². The van der Waals surface area contributed by atoms with Crippen molar-refractivity contribution in [3.63, 3.8) is 0 Å². The monoisotopic (exact) mass is 562 g/mol. The van der Waals surface area contributed by atoms with E-state index in [2.05, 4.69) is 15.6 Å². The predicted octanol–water partition coefficient (Wildman–Crippen LogP) is 3.81. The van der Waals surface area contributed by atoms with E-state index in [4.69, 9.17) is 5.11 Å². The second kappa shape index (κ2) is 8.24. The van der Waals surface area contributed by atoms with Crippen LogP contribution in [0.1, 0.15) is 6.42 Å². The number of halogens is 2. The van der Waals surface area contributed by atoms with Crippen molar-refractivity contribution in [1.29, 1.82) is 0 Å². The second-order valence-electron chi connectivity index (χ2n) is 6.66. The zero-order chi connectivity index (χ0) is 21.5. The van der Waals surface area contributed by atoms with E-state index in [9.17, 15) is 17.6 Å². The number of carboxylic acid groups (broad SMARTS) is 1. The van der Waals surface area contributed by atoms with Crippen molar-refractivity contribution in [2.75, 3.05) is 18.4 Å². The van der Waals surface area contributed by atoms with Gasteiger partial charge in [0.2, 0.25) is 10.0 Å². The number of amides is 1. The Hall–Kier alpha value is -2.03. The van der Waals surface area contributed by atoms with E-state index in [1.54, 1.807) is 30.5 Å². The summed E-state index contributed by atoms with van der Waals surface area (Å²) >= 11 is 3.12. The molecule has 0 aliphatic carbocycles. The van der Waals surface area contributed by atoms with Crippen LogP contribution in [0.5, 0.6) is 0 Å². The highest BCUT2D eigenvalue weighted by atomic mass is 127. The highest BCUT2D eigenvalue weighted by Gasteiger charge is 2.37. The Kier molecular flexibility index (Phi) is 5.83. The van der Waals surface area contributed by atoms with Crippen LogP contribution < -0.4 is 10.6 Å². The van der Waals surface area contributed by atoms with Gasteiger partial charge in [-0.05, 0) is 59.3 Å². The van der Waals surface area contributed by atoms with E-state index in [1.807, 2.05) is 22.6 Å². The molecule has 0 bridgehead atoms. The molecule has 0 spiro atoms. The molecule has 1 aromatic carbocycles. The summed E-state index contributed by atoms with van der Waals surface area (Å²) in [4.78, 5) is 15.7. The lowest BCUT2D eigenvalue weighted by molar-refractivity contribution is 0.190. The molecule has 4 rings (SSSR count). The molecule has 1 atom stereocenters. The summed E-state index contributed by atoms with van der Waals surface area (Å²) in [6.45, 7) is 0.214. The first-order valence-electron chi connectivity index (χ1n) is 8.85. The first-order valence-corrected chi connectivity index (χ1v) is 12.2. The molecule has 30 heavy (non-hydrogen) atoms. The minimum atomic E-state index is -3.98. The molecule has 1 aliphatic rings. The Morgan fingerprint density at radius 3 is 2.90 bits per heavy atom. The number of aromatic nitrogens is 1. The minimum Gasteiger partial charge on any atom is -0.465 e. The zero-order valence-electron chi connectivity index (χ0n) is 15.3. The molecule has 1 amide bonds. The number of nitrogens with one attached hydrogen (secondary N) is 2. The van der Waals surface area contributed by atoms with Crippen LogP contribution in [0, 0.1) is 9.39 Å². The maximum atomic E-state index is 14.4. The van der Waals surface area contributed by atoms with Gasteiger partial charge in [-0.2, -0.15) is 4.31 Å². The quantitative estimate of drug-likeness (QED) is 0.408. The summed E-state index contributed by atoms with van der Waals surface area (Å²) in [7, 11) is -3.98.